The Kier molecular flexibility index (Phi) is 9.28. The third kappa shape index (κ3) is 5.56. The largest absolute Gasteiger partial charge is 0.469 e. The monoisotopic (exact) mass is 523 g/mol. The zero-order valence-corrected chi connectivity index (χ0v) is 22.0. The summed E-state index contributed by atoms with van der Waals surface area (Å²) < 4.78 is 21.0. The van der Waals surface area contributed by atoms with Crippen LogP contribution in [0.5, 0.6) is 0 Å². The highest BCUT2D eigenvalue weighted by molar-refractivity contribution is 6.02. The molecule has 38 heavy (non-hydrogen) atoms. The van der Waals surface area contributed by atoms with E-state index in [1.807, 2.05) is 60.7 Å². The first kappa shape index (κ1) is 28.4. The summed E-state index contributed by atoms with van der Waals surface area (Å²) in [6.07, 6.45) is -1.97. The minimum absolute atomic E-state index is 0.120. The van der Waals surface area contributed by atoms with Crippen LogP contribution in [0, 0.1) is 5.41 Å². The Morgan fingerprint density at radius 3 is 1.92 bits per heavy atom. The molecular formula is C29H33NO8. The van der Waals surface area contributed by atoms with Gasteiger partial charge < -0.3 is 18.9 Å². The van der Waals surface area contributed by atoms with Gasteiger partial charge in [-0.05, 0) is 30.9 Å². The highest BCUT2D eigenvalue weighted by atomic mass is 16.6. The number of cyclic esters (lactones) is 1. The Morgan fingerprint density at radius 2 is 1.45 bits per heavy atom. The minimum Gasteiger partial charge on any atom is -0.469 e. The Morgan fingerprint density at radius 1 is 0.921 bits per heavy atom. The van der Waals surface area contributed by atoms with Crippen LogP contribution < -0.4 is 0 Å². The van der Waals surface area contributed by atoms with E-state index in [4.69, 9.17) is 18.9 Å². The zero-order valence-electron chi connectivity index (χ0n) is 22.0. The first-order chi connectivity index (χ1) is 18.2. The number of methoxy groups -OCH3 is 3. The molecule has 1 amide bonds. The number of esters is 3. The third-order valence-electron chi connectivity index (χ3n) is 6.83. The van der Waals surface area contributed by atoms with Gasteiger partial charge in [-0.15, -0.1) is 6.58 Å². The smallest absolute Gasteiger partial charge is 0.411 e. The number of carbonyl (C=O) groups excluding carboxylic acids is 4. The fourth-order valence-electron chi connectivity index (χ4n) is 4.95. The summed E-state index contributed by atoms with van der Waals surface area (Å²) in [7, 11) is 3.47. The average molecular weight is 524 g/mol. The first-order valence-corrected chi connectivity index (χ1v) is 12.2. The summed E-state index contributed by atoms with van der Waals surface area (Å²) in [5, 5.41) is 0. The van der Waals surface area contributed by atoms with Gasteiger partial charge in [0.05, 0.1) is 33.8 Å². The number of hydrogen-bond donors (Lipinski definition) is 0. The van der Waals surface area contributed by atoms with Crippen LogP contribution in [0.25, 0.3) is 0 Å². The Balaban J connectivity index is 2.30. The van der Waals surface area contributed by atoms with Crippen LogP contribution in [0.4, 0.5) is 4.79 Å². The quantitative estimate of drug-likeness (QED) is 0.183. The van der Waals surface area contributed by atoms with E-state index in [0.717, 1.165) is 14.2 Å². The molecule has 3 rings (SSSR count). The van der Waals surface area contributed by atoms with Crippen molar-refractivity contribution >= 4 is 24.0 Å². The van der Waals surface area contributed by atoms with Crippen LogP contribution in [0.2, 0.25) is 0 Å². The number of nitrogens with zero attached hydrogens (tertiary/aromatic N) is 1. The van der Waals surface area contributed by atoms with Crippen LogP contribution in [-0.4, -0.2) is 56.3 Å². The fraction of sp³-hybridized carbons (Fsp3) is 0.379. The van der Waals surface area contributed by atoms with Crippen molar-refractivity contribution in [2.45, 2.75) is 44.4 Å². The molecule has 2 aromatic rings. The van der Waals surface area contributed by atoms with Gasteiger partial charge in [0.25, 0.3) is 0 Å². The maximum Gasteiger partial charge on any atom is 0.411 e. The second-order valence-corrected chi connectivity index (χ2v) is 9.19. The number of allylic oxidation sites excluding steroid dienone is 1. The van der Waals surface area contributed by atoms with Crippen molar-refractivity contribution in [1.29, 1.82) is 0 Å². The van der Waals surface area contributed by atoms with E-state index in [1.165, 1.54) is 12.0 Å². The van der Waals surface area contributed by atoms with E-state index in [1.54, 1.807) is 6.92 Å². The van der Waals surface area contributed by atoms with E-state index in [-0.39, 0.29) is 12.8 Å². The Bertz CT molecular complexity index is 1150. The molecule has 1 fully saturated rings. The molecule has 9 heteroatoms. The van der Waals surface area contributed by atoms with Crippen LogP contribution in [0.15, 0.2) is 72.8 Å². The minimum atomic E-state index is -2.08. The predicted octanol–water partition coefficient (Wildman–Crippen LogP) is 4.54. The number of ether oxygens (including phenoxy) is 4. The maximum atomic E-state index is 13.7. The Labute approximate surface area is 222 Å². The van der Waals surface area contributed by atoms with Gasteiger partial charge in [-0.3, -0.25) is 19.3 Å². The lowest BCUT2D eigenvalue weighted by atomic mass is 9.72. The molecule has 0 N–H and O–H groups in total. The van der Waals surface area contributed by atoms with Crippen LogP contribution in [0.1, 0.15) is 49.5 Å². The van der Waals surface area contributed by atoms with E-state index in [0.29, 0.717) is 16.7 Å². The molecule has 1 aliphatic heterocycles. The molecule has 0 aliphatic carbocycles. The molecule has 1 aliphatic rings. The number of benzene rings is 2. The van der Waals surface area contributed by atoms with Gasteiger partial charge in [0, 0.05) is 0 Å². The molecule has 9 nitrogen and oxygen atoms in total. The lowest BCUT2D eigenvalue weighted by Crippen LogP contribution is -2.59. The second kappa shape index (κ2) is 12.4. The second-order valence-electron chi connectivity index (χ2n) is 9.19. The van der Waals surface area contributed by atoms with Gasteiger partial charge in [0.1, 0.15) is 6.04 Å². The molecule has 0 aromatic heterocycles. The average Bonchev–Trinajstić information content (AvgIpc) is 3.29. The number of carbonyl (C=O) groups is 4. The highest BCUT2D eigenvalue weighted by Crippen LogP contribution is 2.49. The van der Waals surface area contributed by atoms with Crippen LogP contribution in [-0.2, 0) is 33.3 Å². The third-order valence-corrected chi connectivity index (χ3v) is 6.83. The number of amides is 1. The highest BCUT2D eigenvalue weighted by Gasteiger charge is 2.61. The fourth-order valence-corrected chi connectivity index (χ4v) is 4.95. The van der Waals surface area contributed by atoms with Crippen LogP contribution in [0.3, 0.4) is 0 Å². The normalized spacial score (nSPS) is 17.8. The SMILES string of the molecule is C=C(C)CCC(C(=O)OC)(C(=O)OC)[C@@H](CC(=O)OC)N1C(=O)O[C@H](c2ccccc2)[C@@H]1c1ccccc1. The molecule has 0 saturated carbocycles. The molecule has 0 bridgehead atoms. The summed E-state index contributed by atoms with van der Waals surface area (Å²) >= 11 is 0. The molecule has 3 atom stereocenters. The summed E-state index contributed by atoms with van der Waals surface area (Å²) in [4.78, 5) is 54.8. The molecule has 2 aromatic carbocycles. The molecule has 202 valence electrons. The molecular weight excluding hydrogens is 490 g/mol. The van der Waals surface area contributed by atoms with E-state index in [9.17, 15) is 19.2 Å². The van der Waals surface area contributed by atoms with Crippen LogP contribution >= 0.6 is 0 Å². The molecule has 1 saturated heterocycles. The predicted molar refractivity (Wildman–Crippen MR) is 138 cm³/mol. The van der Waals surface area contributed by atoms with Crippen molar-refractivity contribution in [3.05, 3.63) is 83.9 Å². The van der Waals surface area contributed by atoms with E-state index < -0.39 is 54.0 Å². The zero-order chi connectivity index (χ0) is 27.9. The van der Waals surface area contributed by atoms with Gasteiger partial charge in [-0.2, -0.15) is 0 Å². The van der Waals surface area contributed by atoms with E-state index >= 15 is 0 Å². The summed E-state index contributed by atoms with van der Waals surface area (Å²) in [5.74, 6) is -2.62. The van der Waals surface area contributed by atoms with Crippen molar-refractivity contribution in [2.24, 2.45) is 5.41 Å². The Hall–Kier alpha value is -4.14. The van der Waals surface area contributed by atoms with Crippen molar-refractivity contribution in [3.63, 3.8) is 0 Å². The molecule has 0 unspecified atom stereocenters. The van der Waals surface area contributed by atoms with Crippen molar-refractivity contribution < 1.29 is 38.1 Å². The molecule has 1 heterocycles. The number of hydrogen-bond acceptors (Lipinski definition) is 8. The standard InChI is InChI=1S/C29H33NO8/c1-19(2)16-17-29(26(32)36-4,27(33)37-5)22(18-23(31)35-3)30-24(20-12-8-6-9-13-20)25(38-28(30)34)21-14-10-7-11-15-21/h6-15,22,24-25H,1,16-18H2,2-5H3/t22-,24+,25-/m1/s1. The summed E-state index contributed by atoms with van der Waals surface area (Å²) in [5.41, 5.74) is 0.00178. The maximum absolute atomic E-state index is 13.7. The van der Waals surface area contributed by atoms with Crippen molar-refractivity contribution in [2.75, 3.05) is 21.3 Å². The van der Waals surface area contributed by atoms with E-state index in [2.05, 4.69) is 6.58 Å². The van der Waals surface area contributed by atoms with Gasteiger partial charge in [0.2, 0.25) is 0 Å². The molecule has 0 spiro atoms. The van der Waals surface area contributed by atoms with Gasteiger partial charge in [0.15, 0.2) is 11.5 Å². The molecule has 0 radical (unpaired) electrons. The lowest BCUT2D eigenvalue weighted by Gasteiger charge is -2.41. The summed E-state index contributed by atoms with van der Waals surface area (Å²) in [6, 6.07) is 16.0. The topological polar surface area (TPSA) is 108 Å². The van der Waals surface area contributed by atoms with Gasteiger partial charge >= 0.3 is 24.0 Å². The number of rotatable bonds is 11. The summed E-state index contributed by atoms with van der Waals surface area (Å²) in [6.45, 7) is 5.64. The van der Waals surface area contributed by atoms with Gasteiger partial charge in [-0.1, -0.05) is 66.2 Å². The van der Waals surface area contributed by atoms with Crippen molar-refractivity contribution in [1.82, 2.24) is 4.90 Å². The van der Waals surface area contributed by atoms with Gasteiger partial charge in [-0.25, -0.2) is 4.79 Å². The lowest BCUT2D eigenvalue weighted by molar-refractivity contribution is -0.176. The first-order valence-electron chi connectivity index (χ1n) is 12.2. The van der Waals surface area contributed by atoms with Crippen molar-refractivity contribution in [3.8, 4) is 0 Å².